The van der Waals surface area contributed by atoms with E-state index in [-0.39, 0.29) is 22.2 Å². The molecule has 1 amide bonds. The van der Waals surface area contributed by atoms with Crippen LogP contribution in [0.1, 0.15) is 53.2 Å². The Balaban J connectivity index is 2.00. The van der Waals surface area contributed by atoms with Gasteiger partial charge in [0.2, 0.25) is 0 Å². The first-order valence-corrected chi connectivity index (χ1v) is 9.93. The molecular weight excluding hydrogens is 401 g/mol. The van der Waals surface area contributed by atoms with Gasteiger partial charge in [0.1, 0.15) is 0 Å². The van der Waals surface area contributed by atoms with Crippen molar-refractivity contribution in [3.05, 3.63) is 70.2 Å². The van der Waals surface area contributed by atoms with Gasteiger partial charge >= 0.3 is 6.18 Å². The molecule has 0 aromatic heterocycles. The number of alkyl halides is 3. The fourth-order valence-electron chi connectivity index (χ4n) is 4.24. The molecular formula is C22H24ClF3N2O. The van der Waals surface area contributed by atoms with E-state index in [1.54, 1.807) is 0 Å². The highest BCUT2D eigenvalue weighted by molar-refractivity contribution is 6.33. The highest BCUT2D eigenvalue weighted by atomic mass is 35.5. The second-order valence-corrected chi connectivity index (χ2v) is 8.12. The van der Waals surface area contributed by atoms with Crippen molar-refractivity contribution in [3.8, 4) is 0 Å². The average Bonchev–Trinajstić information content (AvgIpc) is 3.17. The Hall–Kier alpha value is -2.05. The fourth-order valence-corrected chi connectivity index (χ4v) is 4.44. The molecule has 1 aliphatic rings. The SMILES string of the molecule is CN(C)C1(C(NC(=O)c2cc(C(F)(F)F)ccc2Cl)c2ccccc2)CCCC1. The smallest absolute Gasteiger partial charge is 0.343 e. The molecule has 2 aromatic carbocycles. The Morgan fingerprint density at radius 3 is 2.28 bits per heavy atom. The molecule has 1 fully saturated rings. The first-order valence-electron chi connectivity index (χ1n) is 9.55. The van der Waals surface area contributed by atoms with Crippen molar-refractivity contribution in [2.24, 2.45) is 0 Å². The molecule has 7 heteroatoms. The van der Waals surface area contributed by atoms with Gasteiger partial charge < -0.3 is 10.2 Å². The number of carbonyl (C=O) groups is 1. The van der Waals surface area contributed by atoms with Crippen LogP contribution in [0.15, 0.2) is 48.5 Å². The van der Waals surface area contributed by atoms with Crippen LogP contribution in [-0.4, -0.2) is 30.4 Å². The lowest BCUT2D eigenvalue weighted by Crippen LogP contribution is -2.53. The lowest BCUT2D eigenvalue weighted by molar-refractivity contribution is -0.137. The van der Waals surface area contributed by atoms with Crippen molar-refractivity contribution in [1.82, 2.24) is 10.2 Å². The van der Waals surface area contributed by atoms with Crippen LogP contribution in [0.2, 0.25) is 5.02 Å². The standard InChI is InChI=1S/C22H24ClF3N2O/c1-28(2)21(12-6-7-13-21)19(15-8-4-3-5-9-15)27-20(29)17-14-16(22(24,25)26)10-11-18(17)23/h3-5,8-11,14,19H,6-7,12-13H2,1-2H3,(H,27,29). The van der Waals surface area contributed by atoms with Gasteiger partial charge in [0.05, 0.1) is 22.2 Å². The Kier molecular flexibility index (Phi) is 6.24. The third kappa shape index (κ3) is 4.43. The Bertz CT molecular complexity index is 862. The van der Waals surface area contributed by atoms with Crippen molar-refractivity contribution in [1.29, 1.82) is 0 Å². The normalized spacial score (nSPS) is 17.3. The molecule has 1 unspecified atom stereocenters. The summed E-state index contributed by atoms with van der Waals surface area (Å²) in [5.41, 5.74) is -0.467. The van der Waals surface area contributed by atoms with E-state index >= 15 is 0 Å². The summed E-state index contributed by atoms with van der Waals surface area (Å²) < 4.78 is 39.4. The van der Waals surface area contributed by atoms with E-state index < -0.39 is 17.6 Å². The Labute approximate surface area is 173 Å². The van der Waals surface area contributed by atoms with E-state index in [0.717, 1.165) is 49.4 Å². The van der Waals surface area contributed by atoms with E-state index in [9.17, 15) is 18.0 Å². The maximum absolute atomic E-state index is 13.1. The number of hydrogen-bond donors (Lipinski definition) is 1. The lowest BCUT2D eigenvalue weighted by atomic mass is 9.82. The lowest BCUT2D eigenvalue weighted by Gasteiger charge is -2.44. The van der Waals surface area contributed by atoms with Crippen molar-refractivity contribution < 1.29 is 18.0 Å². The number of likely N-dealkylation sites (N-methyl/N-ethyl adjacent to an activating group) is 1. The maximum atomic E-state index is 13.1. The minimum Gasteiger partial charge on any atom is -0.343 e. The Morgan fingerprint density at radius 1 is 1.10 bits per heavy atom. The van der Waals surface area contributed by atoms with Gasteiger partial charge in [-0.1, -0.05) is 54.8 Å². The molecule has 0 heterocycles. The van der Waals surface area contributed by atoms with E-state index in [1.807, 2.05) is 44.4 Å². The van der Waals surface area contributed by atoms with Crippen LogP contribution in [0.4, 0.5) is 13.2 Å². The van der Waals surface area contributed by atoms with Gasteiger partial charge in [-0.3, -0.25) is 4.79 Å². The highest BCUT2D eigenvalue weighted by Crippen LogP contribution is 2.43. The summed E-state index contributed by atoms with van der Waals surface area (Å²) >= 11 is 6.09. The number of rotatable bonds is 5. The molecule has 29 heavy (non-hydrogen) atoms. The molecule has 0 spiro atoms. The van der Waals surface area contributed by atoms with Gasteiger partial charge in [0.25, 0.3) is 5.91 Å². The molecule has 3 nitrogen and oxygen atoms in total. The molecule has 0 bridgehead atoms. The largest absolute Gasteiger partial charge is 0.416 e. The summed E-state index contributed by atoms with van der Waals surface area (Å²) in [5.74, 6) is -0.608. The molecule has 1 N–H and O–H groups in total. The van der Waals surface area contributed by atoms with Crippen LogP contribution < -0.4 is 5.32 Å². The molecule has 0 radical (unpaired) electrons. The predicted octanol–water partition coefficient (Wildman–Crippen LogP) is 5.70. The van der Waals surface area contributed by atoms with Crippen LogP contribution in [0.3, 0.4) is 0 Å². The molecule has 1 atom stereocenters. The van der Waals surface area contributed by atoms with E-state index in [1.165, 1.54) is 0 Å². The molecule has 0 saturated heterocycles. The summed E-state index contributed by atoms with van der Waals surface area (Å²) in [6.07, 6.45) is -0.718. The number of nitrogens with zero attached hydrogens (tertiary/aromatic N) is 1. The van der Waals surface area contributed by atoms with Crippen molar-refractivity contribution >= 4 is 17.5 Å². The highest BCUT2D eigenvalue weighted by Gasteiger charge is 2.45. The van der Waals surface area contributed by atoms with Gasteiger partial charge in [0.15, 0.2) is 0 Å². The fraction of sp³-hybridized carbons (Fsp3) is 0.409. The van der Waals surface area contributed by atoms with Crippen LogP contribution in [-0.2, 0) is 6.18 Å². The summed E-state index contributed by atoms with van der Waals surface area (Å²) in [6.45, 7) is 0. The summed E-state index contributed by atoms with van der Waals surface area (Å²) in [5, 5.41) is 2.99. The number of nitrogens with one attached hydrogen (secondary N) is 1. The maximum Gasteiger partial charge on any atom is 0.416 e. The topological polar surface area (TPSA) is 32.3 Å². The van der Waals surface area contributed by atoms with Crippen LogP contribution >= 0.6 is 11.6 Å². The zero-order valence-corrected chi connectivity index (χ0v) is 17.1. The number of benzene rings is 2. The van der Waals surface area contributed by atoms with Crippen molar-refractivity contribution in [2.75, 3.05) is 14.1 Å². The molecule has 1 aliphatic carbocycles. The zero-order valence-electron chi connectivity index (χ0n) is 16.4. The third-order valence-corrected chi connectivity index (χ3v) is 6.17. The molecule has 3 rings (SSSR count). The summed E-state index contributed by atoms with van der Waals surface area (Å²) in [4.78, 5) is 15.2. The molecule has 2 aromatic rings. The second kappa shape index (κ2) is 8.36. The van der Waals surface area contributed by atoms with E-state index in [2.05, 4.69) is 10.2 Å². The van der Waals surface area contributed by atoms with Gasteiger partial charge in [-0.05, 0) is 50.7 Å². The first-order chi connectivity index (χ1) is 13.6. The average molecular weight is 425 g/mol. The van der Waals surface area contributed by atoms with Crippen molar-refractivity contribution in [2.45, 2.75) is 43.4 Å². The zero-order chi connectivity index (χ0) is 21.2. The van der Waals surface area contributed by atoms with Crippen LogP contribution in [0.5, 0.6) is 0 Å². The number of carbonyl (C=O) groups excluding carboxylic acids is 1. The van der Waals surface area contributed by atoms with E-state index in [4.69, 9.17) is 11.6 Å². The minimum absolute atomic E-state index is 0.00682. The van der Waals surface area contributed by atoms with Gasteiger partial charge in [-0.15, -0.1) is 0 Å². The van der Waals surface area contributed by atoms with Crippen molar-refractivity contribution in [3.63, 3.8) is 0 Å². The monoisotopic (exact) mass is 424 g/mol. The van der Waals surface area contributed by atoms with Crippen LogP contribution in [0.25, 0.3) is 0 Å². The summed E-state index contributed by atoms with van der Waals surface area (Å²) in [6, 6.07) is 12.0. The van der Waals surface area contributed by atoms with Crippen LogP contribution in [0, 0.1) is 0 Å². The minimum atomic E-state index is -4.55. The number of amides is 1. The second-order valence-electron chi connectivity index (χ2n) is 7.71. The van der Waals surface area contributed by atoms with E-state index in [0.29, 0.717) is 0 Å². The Morgan fingerprint density at radius 2 is 1.72 bits per heavy atom. The quantitative estimate of drug-likeness (QED) is 0.667. The molecule has 156 valence electrons. The number of hydrogen-bond acceptors (Lipinski definition) is 2. The van der Waals surface area contributed by atoms with Gasteiger partial charge in [-0.25, -0.2) is 0 Å². The number of halogens is 4. The van der Waals surface area contributed by atoms with Gasteiger partial charge in [0, 0.05) is 5.54 Å². The first kappa shape index (κ1) is 21.7. The summed E-state index contributed by atoms with van der Waals surface area (Å²) in [7, 11) is 3.95. The van der Waals surface area contributed by atoms with Gasteiger partial charge in [-0.2, -0.15) is 13.2 Å². The molecule has 0 aliphatic heterocycles. The predicted molar refractivity (Wildman–Crippen MR) is 108 cm³/mol. The third-order valence-electron chi connectivity index (χ3n) is 5.84. The molecule has 1 saturated carbocycles.